The van der Waals surface area contributed by atoms with Crippen molar-refractivity contribution < 1.29 is 9.47 Å². The van der Waals surface area contributed by atoms with E-state index >= 15 is 0 Å². The van der Waals surface area contributed by atoms with Gasteiger partial charge < -0.3 is 20.5 Å². The number of anilines is 1. The second-order valence-electron chi connectivity index (χ2n) is 4.56. The number of guanidine groups is 1. The molecule has 0 spiro atoms. The van der Waals surface area contributed by atoms with E-state index in [0.717, 1.165) is 31.9 Å². The number of nitrogens with two attached hydrogens (primary N) is 1. The van der Waals surface area contributed by atoms with Crippen LogP contribution < -0.4 is 11.1 Å². The summed E-state index contributed by atoms with van der Waals surface area (Å²) in [5, 5.41) is 3.03. The van der Waals surface area contributed by atoms with Crippen LogP contribution in [0.1, 0.15) is 6.42 Å². The Morgan fingerprint density at radius 3 is 3.00 bits per heavy atom. The van der Waals surface area contributed by atoms with Crippen LogP contribution in [0.2, 0.25) is 0 Å². The van der Waals surface area contributed by atoms with Crippen LogP contribution >= 0.6 is 0 Å². The monoisotopic (exact) mass is 263 g/mol. The second-order valence-corrected chi connectivity index (χ2v) is 4.56. The van der Waals surface area contributed by atoms with Gasteiger partial charge >= 0.3 is 0 Å². The van der Waals surface area contributed by atoms with Crippen molar-refractivity contribution in [3.63, 3.8) is 0 Å². The van der Waals surface area contributed by atoms with Gasteiger partial charge in [0.05, 0.1) is 26.4 Å². The van der Waals surface area contributed by atoms with Crippen molar-refractivity contribution in [3.05, 3.63) is 30.3 Å². The second kappa shape index (κ2) is 7.76. The van der Waals surface area contributed by atoms with Gasteiger partial charge in [0, 0.05) is 18.2 Å². The van der Waals surface area contributed by atoms with Crippen molar-refractivity contribution in [2.24, 2.45) is 16.6 Å². The fourth-order valence-electron chi connectivity index (χ4n) is 1.90. The zero-order chi connectivity index (χ0) is 13.3. The molecule has 0 unspecified atom stereocenters. The van der Waals surface area contributed by atoms with Gasteiger partial charge in [-0.2, -0.15) is 0 Å². The first-order chi connectivity index (χ1) is 9.34. The van der Waals surface area contributed by atoms with E-state index in [1.54, 1.807) is 0 Å². The van der Waals surface area contributed by atoms with E-state index in [1.165, 1.54) is 0 Å². The number of nitrogens with one attached hydrogen (secondary N) is 1. The minimum absolute atomic E-state index is 0.416. The third-order valence-electron chi connectivity index (χ3n) is 2.94. The van der Waals surface area contributed by atoms with Crippen molar-refractivity contribution in [1.29, 1.82) is 0 Å². The first kappa shape index (κ1) is 13.8. The molecule has 0 radical (unpaired) electrons. The standard InChI is InChI=1S/C14H21N3O2/c15-14(17-13-4-2-1-3-5-13)16-7-9-19-11-12-6-8-18-10-12/h1-5,12H,6-11H2,(H3,15,16,17)/t12-/m1/s1. The summed E-state index contributed by atoms with van der Waals surface area (Å²) in [5.74, 6) is 0.961. The lowest BCUT2D eigenvalue weighted by molar-refractivity contribution is 0.0951. The average molecular weight is 263 g/mol. The number of ether oxygens (including phenoxy) is 2. The molecule has 3 N–H and O–H groups in total. The molecular formula is C14H21N3O2. The van der Waals surface area contributed by atoms with Gasteiger partial charge in [-0.15, -0.1) is 0 Å². The van der Waals surface area contributed by atoms with E-state index in [4.69, 9.17) is 15.2 Å². The van der Waals surface area contributed by atoms with Gasteiger partial charge in [-0.1, -0.05) is 18.2 Å². The molecule has 104 valence electrons. The molecule has 1 heterocycles. The van der Waals surface area contributed by atoms with Crippen molar-refractivity contribution >= 4 is 11.6 Å². The summed E-state index contributed by atoms with van der Waals surface area (Å²) < 4.78 is 10.8. The van der Waals surface area contributed by atoms with Gasteiger partial charge in [-0.05, 0) is 18.6 Å². The average Bonchev–Trinajstić information content (AvgIpc) is 2.92. The highest BCUT2D eigenvalue weighted by Gasteiger charge is 2.14. The summed E-state index contributed by atoms with van der Waals surface area (Å²) in [7, 11) is 0. The van der Waals surface area contributed by atoms with Gasteiger partial charge in [0.1, 0.15) is 0 Å². The quantitative estimate of drug-likeness (QED) is 0.463. The molecule has 0 aromatic heterocycles. The summed E-state index contributed by atoms with van der Waals surface area (Å²) in [6.45, 7) is 3.59. The highest BCUT2D eigenvalue weighted by atomic mass is 16.5. The van der Waals surface area contributed by atoms with Gasteiger partial charge in [-0.25, -0.2) is 0 Å². The Morgan fingerprint density at radius 2 is 2.26 bits per heavy atom. The van der Waals surface area contributed by atoms with Crippen molar-refractivity contribution in [3.8, 4) is 0 Å². The van der Waals surface area contributed by atoms with Gasteiger partial charge in [0.25, 0.3) is 0 Å². The SMILES string of the molecule is NC(=NCCOC[C@@H]1CCOC1)Nc1ccccc1. The Bertz CT molecular complexity index is 389. The number of benzene rings is 1. The lowest BCUT2D eigenvalue weighted by Crippen LogP contribution is -2.23. The van der Waals surface area contributed by atoms with Crippen LogP contribution in [0.5, 0.6) is 0 Å². The number of nitrogens with zero attached hydrogens (tertiary/aromatic N) is 1. The Morgan fingerprint density at radius 1 is 1.42 bits per heavy atom. The van der Waals surface area contributed by atoms with Gasteiger partial charge in [0.15, 0.2) is 5.96 Å². The topological polar surface area (TPSA) is 68.9 Å². The molecule has 0 amide bonds. The van der Waals surface area contributed by atoms with Crippen LogP contribution in [0.15, 0.2) is 35.3 Å². The van der Waals surface area contributed by atoms with Gasteiger partial charge in [-0.3, -0.25) is 4.99 Å². The molecular weight excluding hydrogens is 242 g/mol. The van der Waals surface area contributed by atoms with E-state index in [9.17, 15) is 0 Å². The third kappa shape index (κ3) is 5.28. The molecule has 5 heteroatoms. The highest BCUT2D eigenvalue weighted by Crippen LogP contribution is 2.11. The van der Waals surface area contributed by atoms with Crippen LogP contribution in [-0.4, -0.2) is 38.9 Å². The molecule has 1 aromatic rings. The molecule has 1 fully saturated rings. The Hall–Kier alpha value is -1.59. The first-order valence-electron chi connectivity index (χ1n) is 6.62. The fourth-order valence-corrected chi connectivity index (χ4v) is 1.90. The highest BCUT2D eigenvalue weighted by molar-refractivity contribution is 5.92. The summed E-state index contributed by atoms with van der Waals surface area (Å²) >= 11 is 0. The number of aliphatic imine (C=N–C) groups is 1. The molecule has 5 nitrogen and oxygen atoms in total. The molecule has 0 saturated carbocycles. The maximum absolute atomic E-state index is 5.77. The van der Waals surface area contributed by atoms with E-state index < -0.39 is 0 Å². The smallest absolute Gasteiger partial charge is 0.193 e. The number of hydrogen-bond acceptors (Lipinski definition) is 3. The molecule has 0 bridgehead atoms. The zero-order valence-electron chi connectivity index (χ0n) is 11.0. The maximum atomic E-state index is 5.77. The molecule has 1 atom stereocenters. The van der Waals surface area contributed by atoms with Crippen molar-refractivity contribution in [1.82, 2.24) is 0 Å². The molecule has 1 aliphatic rings. The molecule has 1 aromatic carbocycles. The van der Waals surface area contributed by atoms with Crippen LogP contribution in [0.3, 0.4) is 0 Å². The minimum atomic E-state index is 0.416. The predicted octanol–water partition coefficient (Wildman–Crippen LogP) is 1.47. The summed E-state index contributed by atoms with van der Waals surface area (Å²) in [5.41, 5.74) is 6.71. The van der Waals surface area contributed by atoms with E-state index in [1.807, 2.05) is 30.3 Å². The predicted molar refractivity (Wildman–Crippen MR) is 76.3 cm³/mol. The number of para-hydroxylation sites is 1. The zero-order valence-corrected chi connectivity index (χ0v) is 11.0. The van der Waals surface area contributed by atoms with Gasteiger partial charge in [0.2, 0.25) is 0 Å². The van der Waals surface area contributed by atoms with E-state index in [0.29, 0.717) is 25.0 Å². The Labute approximate surface area is 113 Å². The Balaban J connectivity index is 1.59. The molecule has 1 aliphatic heterocycles. The lowest BCUT2D eigenvalue weighted by Gasteiger charge is -2.08. The normalized spacial score (nSPS) is 19.6. The molecule has 0 aliphatic carbocycles. The minimum Gasteiger partial charge on any atom is -0.381 e. The van der Waals surface area contributed by atoms with Crippen LogP contribution in [0.25, 0.3) is 0 Å². The first-order valence-corrected chi connectivity index (χ1v) is 6.62. The third-order valence-corrected chi connectivity index (χ3v) is 2.94. The number of rotatable bonds is 6. The van der Waals surface area contributed by atoms with Crippen LogP contribution in [0, 0.1) is 5.92 Å². The van der Waals surface area contributed by atoms with E-state index in [-0.39, 0.29) is 0 Å². The largest absolute Gasteiger partial charge is 0.381 e. The molecule has 1 saturated heterocycles. The lowest BCUT2D eigenvalue weighted by atomic mass is 10.1. The molecule has 2 rings (SSSR count). The van der Waals surface area contributed by atoms with Crippen LogP contribution in [0.4, 0.5) is 5.69 Å². The summed E-state index contributed by atoms with van der Waals surface area (Å²) in [4.78, 5) is 4.21. The van der Waals surface area contributed by atoms with Crippen molar-refractivity contribution in [2.75, 3.05) is 38.3 Å². The van der Waals surface area contributed by atoms with Crippen molar-refractivity contribution in [2.45, 2.75) is 6.42 Å². The van der Waals surface area contributed by atoms with Crippen LogP contribution in [-0.2, 0) is 9.47 Å². The summed E-state index contributed by atoms with van der Waals surface area (Å²) in [6.07, 6.45) is 1.10. The fraction of sp³-hybridized carbons (Fsp3) is 0.500. The van der Waals surface area contributed by atoms with E-state index in [2.05, 4.69) is 10.3 Å². The molecule has 19 heavy (non-hydrogen) atoms. The maximum Gasteiger partial charge on any atom is 0.193 e. The summed E-state index contributed by atoms with van der Waals surface area (Å²) in [6, 6.07) is 9.74. The Kier molecular flexibility index (Phi) is 5.65. The number of hydrogen-bond donors (Lipinski definition) is 2.